The molecule has 2 rings (SSSR count). The van der Waals surface area contributed by atoms with E-state index in [0.29, 0.717) is 12.5 Å². The van der Waals surface area contributed by atoms with Gasteiger partial charge < -0.3 is 20.7 Å². The summed E-state index contributed by atoms with van der Waals surface area (Å²) in [5.74, 6) is 0.470. The number of guanidine groups is 1. The van der Waals surface area contributed by atoms with Crippen molar-refractivity contribution in [2.24, 2.45) is 10.7 Å². The van der Waals surface area contributed by atoms with Gasteiger partial charge in [0.05, 0.1) is 6.54 Å². The van der Waals surface area contributed by atoms with Gasteiger partial charge in [0, 0.05) is 24.4 Å². The van der Waals surface area contributed by atoms with Crippen molar-refractivity contribution >= 4 is 11.6 Å². The van der Waals surface area contributed by atoms with Crippen molar-refractivity contribution in [2.45, 2.75) is 32.2 Å². The molecule has 122 valence electrons. The maximum absolute atomic E-state index is 6.07. The van der Waals surface area contributed by atoms with Crippen LogP contribution in [0, 0.1) is 13.8 Å². The number of hydrogen-bond acceptors (Lipinski definition) is 3. The van der Waals surface area contributed by atoms with E-state index in [0.717, 1.165) is 31.7 Å². The molecule has 0 bridgehead atoms. The number of nitrogens with two attached hydrogens (primary N) is 1. The van der Waals surface area contributed by atoms with Crippen LogP contribution >= 0.6 is 0 Å². The van der Waals surface area contributed by atoms with Crippen LogP contribution in [0.15, 0.2) is 23.2 Å². The Hall–Kier alpha value is -1.59. The predicted molar refractivity (Wildman–Crippen MR) is 92.5 cm³/mol. The molecular weight excluding hydrogens is 276 g/mol. The van der Waals surface area contributed by atoms with E-state index in [4.69, 9.17) is 10.5 Å². The average molecular weight is 304 g/mol. The molecule has 22 heavy (non-hydrogen) atoms. The van der Waals surface area contributed by atoms with Gasteiger partial charge in [-0.1, -0.05) is 6.07 Å². The van der Waals surface area contributed by atoms with E-state index in [-0.39, 0.29) is 5.54 Å². The highest BCUT2D eigenvalue weighted by atomic mass is 16.5. The Balaban J connectivity index is 2.04. The normalized spacial score (nSPS) is 18.5. The second-order valence-corrected chi connectivity index (χ2v) is 6.43. The van der Waals surface area contributed by atoms with Crippen LogP contribution < -0.4 is 11.1 Å². The summed E-state index contributed by atoms with van der Waals surface area (Å²) in [6.45, 7) is 6.42. The van der Waals surface area contributed by atoms with Gasteiger partial charge in [-0.15, -0.1) is 0 Å². The average Bonchev–Trinajstić information content (AvgIpc) is 2.45. The number of nitrogens with one attached hydrogen (secondary N) is 1. The predicted octanol–water partition coefficient (Wildman–Crippen LogP) is 2.14. The maximum Gasteiger partial charge on any atom is 0.193 e. The summed E-state index contributed by atoms with van der Waals surface area (Å²) in [5.41, 5.74) is 9.54. The third-order valence-electron chi connectivity index (χ3n) is 4.41. The number of hydrogen-bond donors (Lipinski definition) is 2. The number of nitrogens with zero attached hydrogens (tertiary/aromatic N) is 2. The number of ether oxygens (including phenoxy) is 1. The van der Waals surface area contributed by atoms with Crippen LogP contribution in [-0.4, -0.2) is 50.3 Å². The molecule has 0 aromatic heterocycles. The van der Waals surface area contributed by atoms with Crippen LogP contribution in [0.25, 0.3) is 0 Å². The van der Waals surface area contributed by atoms with E-state index < -0.39 is 0 Å². The second-order valence-electron chi connectivity index (χ2n) is 6.43. The van der Waals surface area contributed by atoms with Crippen LogP contribution in [0.5, 0.6) is 0 Å². The van der Waals surface area contributed by atoms with E-state index in [1.807, 2.05) is 0 Å². The van der Waals surface area contributed by atoms with Gasteiger partial charge in [-0.2, -0.15) is 0 Å². The lowest BCUT2D eigenvalue weighted by Gasteiger charge is -2.41. The van der Waals surface area contributed by atoms with Crippen LogP contribution in [0.3, 0.4) is 0 Å². The number of rotatable bonds is 4. The van der Waals surface area contributed by atoms with Gasteiger partial charge in [0.25, 0.3) is 0 Å². The first-order valence-corrected chi connectivity index (χ1v) is 7.82. The van der Waals surface area contributed by atoms with E-state index in [2.05, 4.69) is 61.4 Å². The molecule has 1 aliphatic rings. The molecule has 0 unspecified atom stereocenters. The molecule has 0 radical (unpaired) electrons. The number of aryl methyl sites for hydroxylation is 2. The monoisotopic (exact) mass is 304 g/mol. The molecule has 1 heterocycles. The number of aliphatic imine (C=N–C) groups is 1. The highest BCUT2D eigenvalue weighted by Gasteiger charge is 2.34. The van der Waals surface area contributed by atoms with E-state index in [1.54, 1.807) is 0 Å². The van der Waals surface area contributed by atoms with Gasteiger partial charge in [-0.3, -0.25) is 4.99 Å². The third-order valence-corrected chi connectivity index (χ3v) is 4.41. The topological polar surface area (TPSA) is 62.9 Å². The summed E-state index contributed by atoms with van der Waals surface area (Å²) in [5, 5.41) is 3.20. The fraction of sp³-hybridized carbons (Fsp3) is 0.588. The van der Waals surface area contributed by atoms with E-state index in [1.165, 1.54) is 11.1 Å². The molecule has 5 heteroatoms. The van der Waals surface area contributed by atoms with Crippen LogP contribution in [0.4, 0.5) is 5.69 Å². The molecule has 0 aliphatic carbocycles. The zero-order chi connectivity index (χ0) is 16.2. The lowest BCUT2D eigenvalue weighted by atomic mass is 9.89. The number of anilines is 1. The standard InChI is InChI=1S/C17H28N4O/c1-13-9-14(2)11-15(10-13)20-16(18)19-12-17(21(3)4)5-7-22-8-6-17/h9-11H,5-8,12H2,1-4H3,(H3,18,19,20). The first kappa shape index (κ1) is 16.8. The van der Waals surface area contributed by atoms with Crippen molar-refractivity contribution in [3.63, 3.8) is 0 Å². The summed E-state index contributed by atoms with van der Waals surface area (Å²) in [6.07, 6.45) is 1.97. The summed E-state index contributed by atoms with van der Waals surface area (Å²) < 4.78 is 5.48. The van der Waals surface area contributed by atoms with E-state index >= 15 is 0 Å². The van der Waals surface area contributed by atoms with Crippen LogP contribution in [0.2, 0.25) is 0 Å². The molecule has 5 nitrogen and oxygen atoms in total. The lowest BCUT2D eigenvalue weighted by Crippen LogP contribution is -2.51. The number of likely N-dealkylation sites (N-methyl/N-ethyl adjacent to an activating group) is 1. The molecule has 0 spiro atoms. The Bertz CT molecular complexity index is 513. The van der Waals surface area contributed by atoms with Crippen molar-refractivity contribution in [3.05, 3.63) is 29.3 Å². The fourth-order valence-electron chi connectivity index (χ4n) is 2.96. The fourth-order valence-corrected chi connectivity index (χ4v) is 2.96. The largest absolute Gasteiger partial charge is 0.381 e. The van der Waals surface area contributed by atoms with E-state index in [9.17, 15) is 0 Å². The molecule has 1 aromatic rings. The molecular formula is C17H28N4O. The van der Waals surface area contributed by atoms with Crippen molar-refractivity contribution in [1.29, 1.82) is 0 Å². The Morgan fingerprint density at radius 1 is 1.23 bits per heavy atom. The van der Waals surface area contributed by atoms with Gasteiger partial charge in [0.15, 0.2) is 5.96 Å². The van der Waals surface area contributed by atoms with Crippen molar-refractivity contribution in [1.82, 2.24) is 4.90 Å². The summed E-state index contributed by atoms with van der Waals surface area (Å²) in [6, 6.07) is 6.29. The first-order chi connectivity index (χ1) is 10.4. The summed E-state index contributed by atoms with van der Waals surface area (Å²) in [7, 11) is 4.21. The van der Waals surface area contributed by atoms with Crippen LogP contribution in [0.1, 0.15) is 24.0 Å². The Morgan fingerprint density at radius 3 is 2.36 bits per heavy atom. The lowest BCUT2D eigenvalue weighted by molar-refractivity contribution is -0.00249. The van der Waals surface area contributed by atoms with Gasteiger partial charge in [-0.05, 0) is 64.0 Å². The first-order valence-electron chi connectivity index (χ1n) is 7.82. The Morgan fingerprint density at radius 2 is 1.82 bits per heavy atom. The molecule has 0 atom stereocenters. The zero-order valence-corrected chi connectivity index (χ0v) is 14.1. The zero-order valence-electron chi connectivity index (χ0n) is 14.1. The van der Waals surface area contributed by atoms with Crippen molar-refractivity contribution < 1.29 is 4.74 Å². The van der Waals surface area contributed by atoms with Gasteiger partial charge in [-0.25, -0.2) is 0 Å². The highest BCUT2D eigenvalue weighted by Crippen LogP contribution is 2.26. The summed E-state index contributed by atoms with van der Waals surface area (Å²) in [4.78, 5) is 6.84. The molecule has 1 fully saturated rings. The maximum atomic E-state index is 6.07. The molecule has 3 N–H and O–H groups in total. The summed E-state index contributed by atoms with van der Waals surface area (Å²) >= 11 is 0. The molecule has 1 aliphatic heterocycles. The van der Waals surface area contributed by atoms with Gasteiger partial charge in [0.1, 0.15) is 0 Å². The van der Waals surface area contributed by atoms with Crippen molar-refractivity contribution in [3.8, 4) is 0 Å². The molecule has 0 amide bonds. The molecule has 1 saturated heterocycles. The quantitative estimate of drug-likeness (QED) is 0.661. The third kappa shape index (κ3) is 4.21. The van der Waals surface area contributed by atoms with Crippen LogP contribution in [-0.2, 0) is 4.74 Å². The van der Waals surface area contributed by atoms with Crippen molar-refractivity contribution in [2.75, 3.05) is 39.2 Å². The number of benzene rings is 1. The minimum atomic E-state index is 0.0487. The smallest absolute Gasteiger partial charge is 0.193 e. The minimum Gasteiger partial charge on any atom is -0.381 e. The Labute approximate surface area is 133 Å². The van der Waals surface area contributed by atoms with Gasteiger partial charge >= 0.3 is 0 Å². The minimum absolute atomic E-state index is 0.0487. The molecule has 0 saturated carbocycles. The Kier molecular flexibility index (Phi) is 5.42. The van der Waals surface area contributed by atoms with Gasteiger partial charge in [0.2, 0.25) is 0 Å². The molecule has 1 aromatic carbocycles. The second kappa shape index (κ2) is 7.11. The highest BCUT2D eigenvalue weighted by molar-refractivity contribution is 5.92. The SMILES string of the molecule is Cc1cc(C)cc(NC(N)=NCC2(N(C)C)CCOCC2)c1.